The van der Waals surface area contributed by atoms with Crippen LogP contribution in [-0.2, 0) is 11.2 Å². The average Bonchev–Trinajstić information content (AvgIpc) is 2.48. The van der Waals surface area contributed by atoms with Crippen LogP contribution in [0.1, 0.15) is 17.2 Å². The van der Waals surface area contributed by atoms with Gasteiger partial charge in [-0.3, -0.25) is 4.79 Å². The molecular weight excluding hydrogens is 268 g/mol. The molecule has 1 unspecified atom stereocenters. The van der Waals surface area contributed by atoms with Crippen LogP contribution in [0.5, 0.6) is 5.75 Å². The number of aliphatic hydroxyl groups excluding tert-OH is 1. The van der Waals surface area contributed by atoms with Gasteiger partial charge in [-0.2, -0.15) is 0 Å². The lowest BCUT2D eigenvalue weighted by molar-refractivity contribution is -0.120. The van der Waals surface area contributed by atoms with Crippen molar-refractivity contribution in [1.29, 1.82) is 0 Å². The van der Waals surface area contributed by atoms with Crippen molar-refractivity contribution in [3.05, 3.63) is 59.7 Å². The number of amides is 1. The maximum Gasteiger partial charge on any atom is 0.224 e. The predicted molar refractivity (Wildman–Crippen MR) is 80.6 cm³/mol. The molecule has 110 valence electrons. The molecule has 0 aliphatic carbocycles. The molecule has 5 heteroatoms. The van der Waals surface area contributed by atoms with Crippen LogP contribution in [0.2, 0.25) is 0 Å². The number of hydrogen-bond donors (Lipinski definition) is 4. The lowest BCUT2D eigenvalue weighted by atomic mass is 10.1. The van der Waals surface area contributed by atoms with Gasteiger partial charge in [-0.25, -0.2) is 0 Å². The molecule has 2 aromatic rings. The van der Waals surface area contributed by atoms with Gasteiger partial charge in [0.25, 0.3) is 0 Å². The summed E-state index contributed by atoms with van der Waals surface area (Å²) >= 11 is 0. The number of phenolic OH excluding ortho intramolecular Hbond substituents is 1. The molecule has 0 spiro atoms. The maximum atomic E-state index is 11.8. The van der Waals surface area contributed by atoms with Gasteiger partial charge in [0.05, 0.1) is 12.5 Å². The molecule has 2 rings (SSSR count). The van der Waals surface area contributed by atoms with E-state index in [2.05, 4.69) is 5.32 Å². The van der Waals surface area contributed by atoms with Crippen molar-refractivity contribution in [3.8, 4) is 5.75 Å². The SMILES string of the molecule is Nc1ccc(C(O)CNC(=O)Cc2ccccc2O)cc1. The molecular formula is C16H18N2O3. The first-order valence-electron chi connectivity index (χ1n) is 6.63. The standard InChI is InChI=1S/C16H18N2O3/c17-13-7-5-11(6-8-13)15(20)10-18-16(21)9-12-3-1-2-4-14(12)19/h1-8,15,19-20H,9-10,17H2,(H,18,21). The summed E-state index contributed by atoms with van der Waals surface area (Å²) in [5, 5.41) is 22.2. The molecule has 1 atom stereocenters. The van der Waals surface area contributed by atoms with Crippen molar-refractivity contribution >= 4 is 11.6 Å². The summed E-state index contributed by atoms with van der Waals surface area (Å²) in [5.41, 5.74) is 7.43. The summed E-state index contributed by atoms with van der Waals surface area (Å²) in [7, 11) is 0. The van der Waals surface area contributed by atoms with E-state index in [-0.39, 0.29) is 24.6 Å². The number of aromatic hydroxyl groups is 1. The minimum absolute atomic E-state index is 0.0706. The molecule has 0 aromatic heterocycles. The number of carbonyl (C=O) groups excluding carboxylic acids is 1. The Kier molecular flexibility index (Phi) is 4.79. The minimum atomic E-state index is -0.793. The second-order valence-corrected chi connectivity index (χ2v) is 4.79. The van der Waals surface area contributed by atoms with E-state index in [9.17, 15) is 15.0 Å². The van der Waals surface area contributed by atoms with E-state index in [1.165, 1.54) is 6.07 Å². The van der Waals surface area contributed by atoms with Crippen LogP contribution in [-0.4, -0.2) is 22.7 Å². The fourth-order valence-corrected chi connectivity index (χ4v) is 1.94. The van der Waals surface area contributed by atoms with E-state index in [0.29, 0.717) is 16.8 Å². The Labute approximate surface area is 123 Å². The van der Waals surface area contributed by atoms with Crippen LogP contribution in [0.3, 0.4) is 0 Å². The second-order valence-electron chi connectivity index (χ2n) is 4.79. The topological polar surface area (TPSA) is 95.6 Å². The molecule has 1 amide bonds. The number of benzene rings is 2. The number of carbonyl (C=O) groups is 1. The van der Waals surface area contributed by atoms with E-state index in [1.54, 1.807) is 42.5 Å². The predicted octanol–water partition coefficient (Wildman–Crippen LogP) is 1.37. The summed E-state index contributed by atoms with van der Waals surface area (Å²) < 4.78 is 0. The summed E-state index contributed by atoms with van der Waals surface area (Å²) in [6.07, 6.45) is -0.722. The van der Waals surface area contributed by atoms with Crippen molar-refractivity contribution in [3.63, 3.8) is 0 Å². The van der Waals surface area contributed by atoms with Crippen LogP contribution >= 0.6 is 0 Å². The number of nitrogen functional groups attached to an aromatic ring is 1. The van der Waals surface area contributed by atoms with Crippen LogP contribution in [0.25, 0.3) is 0 Å². The highest BCUT2D eigenvalue weighted by Crippen LogP contribution is 2.16. The number of hydrogen-bond acceptors (Lipinski definition) is 4. The zero-order valence-electron chi connectivity index (χ0n) is 11.5. The number of phenols is 1. The van der Waals surface area contributed by atoms with Gasteiger partial charge in [0.1, 0.15) is 5.75 Å². The first-order valence-corrected chi connectivity index (χ1v) is 6.63. The summed E-state index contributed by atoms with van der Waals surface area (Å²) in [6, 6.07) is 13.5. The number of aliphatic hydroxyl groups is 1. The fraction of sp³-hybridized carbons (Fsp3) is 0.188. The van der Waals surface area contributed by atoms with E-state index in [0.717, 1.165) is 0 Å². The van der Waals surface area contributed by atoms with Crippen LogP contribution in [0, 0.1) is 0 Å². The van der Waals surface area contributed by atoms with Gasteiger partial charge in [-0.15, -0.1) is 0 Å². The number of nitrogens with two attached hydrogens (primary N) is 1. The Hall–Kier alpha value is -2.53. The minimum Gasteiger partial charge on any atom is -0.508 e. The summed E-state index contributed by atoms with van der Waals surface area (Å²) in [4.78, 5) is 11.8. The van der Waals surface area contributed by atoms with Gasteiger partial charge in [0.15, 0.2) is 0 Å². The van der Waals surface area contributed by atoms with Gasteiger partial charge in [0.2, 0.25) is 5.91 Å². The molecule has 0 aliphatic rings. The van der Waals surface area contributed by atoms with Crippen LogP contribution in [0.15, 0.2) is 48.5 Å². The van der Waals surface area contributed by atoms with Crippen molar-refractivity contribution < 1.29 is 15.0 Å². The highest BCUT2D eigenvalue weighted by atomic mass is 16.3. The Morgan fingerprint density at radius 3 is 2.48 bits per heavy atom. The van der Waals surface area contributed by atoms with Crippen LogP contribution < -0.4 is 11.1 Å². The van der Waals surface area contributed by atoms with Gasteiger partial charge < -0.3 is 21.3 Å². The second kappa shape index (κ2) is 6.76. The molecule has 0 saturated carbocycles. The fourth-order valence-electron chi connectivity index (χ4n) is 1.94. The first kappa shape index (κ1) is 14.9. The molecule has 5 N–H and O–H groups in total. The van der Waals surface area contributed by atoms with Crippen molar-refractivity contribution in [1.82, 2.24) is 5.32 Å². The Morgan fingerprint density at radius 2 is 1.81 bits per heavy atom. The third-order valence-electron chi connectivity index (χ3n) is 3.16. The van der Waals surface area contributed by atoms with Gasteiger partial charge in [-0.05, 0) is 23.8 Å². The van der Waals surface area contributed by atoms with Gasteiger partial charge in [0, 0.05) is 17.8 Å². The smallest absolute Gasteiger partial charge is 0.224 e. The average molecular weight is 286 g/mol. The lowest BCUT2D eigenvalue weighted by Crippen LogP contribution is -2.29. The normalized spacial score (nSPS) is 11.9. The highest BCUT2D eigenvalue weighted by Gasteiger charge is 2.11. The number of nitrogens with one attached hydrogen (secondary N) is 1. The third-order valence-corrected chi connectivity index (χ3v) is 3.16. The summed E-state index contributed by atoms with van der Waals surface area (Å²) in [5.74, 6) is -0.169. The van der Waals surface area contributed by atoms with Crippen molar-refractivity contribution in [2.45, 2.75) is 12.5 Å². The monoisotopic (exact) mass is 286 g/mol. The molecule has 5 nitrogen and oxygen atoms in total. The molecule has 2 aromatic carbocycles. The maximum absolute atomic E-state index is 11.8. The molecule has 0 fully saturated rings. The van der Waals surface area contributed by atoms with Crippen molar-refractivity contribution in [2.24, 2.45) is 0 Å². The Morgan fingerprint density at radius 1 is 1.14 bits per heavy atom. The van der Waals surface area contributed by atoms with Gasteiger partial charge in [-0.1, -0.05) is 30.3 Å². The number of rotatable bonds is 5. The van der Waals surface area contributed by atoms with E-state index < -0.39 is 6.10 Å². The van der Waals surface area contributed by atoms with Crippen LogP contribution in [0.4, 0.5) is 5.69 Å². The zero-order chi connectivity index (χ0) is 15.2. The molecule has 0 aliphatic heterocycles. The van der Waals surface area contributed by atoms with Gasteiger partial charge >= 0.3 is 0 Å². The quantitative estimate of drug-likeness (QED) is 0.624. The molecule has 0 saturated heterocycles. The molecule has 21 heavy (non-hydrogen) atoms. The molecule has 0 bridgehead atoms. The number of para-hydroxylation sites is 1. The first-order chi connectivity index (χ1) is 10.1. The highest BCUT2D eigenvalue weighted by molar-refractivity contribution is 5.79. The third kappa shape index (κ3) is 4.22. The molecule has 0 radical (unpaired) electrons. The van der Waals surface area contributed by atoms with E-state index >= 15 is 0 Å². The largest absolute Gasteiger partial charge is 0.508 e. The number of anilines is 1. The Balaban J connectivity index is 1.86. The molecule has 0 heterocycles. The Bertz CT molecular complexity index is 611. The summed E-state index contributed by atoms with van der Waals surface area (Å²) in [6.45, 7) is 0.107. The van der Waals surface area contributed by atoms with E-state index in [1.807, 2.05) is 0 Å². The van der Waals surface area contributed by atoms with E-state index in [4.69, 9.17) is 5.73 Å². The van der Waals surface area contributed by atoms with Crippen molar-refractivity contribution in [2.75, 3.05) is 12.3 Å². The zero-order valence-corrected chi connectivity index (χ0v) is 11.5. The lowest BCUT2D eigenvalue weighted by Gasteiger charge is -2.13.